The van der Waals surface area contributed by atoms with Gasteiger partial charge in [-0.2, -0.15) is 0 Å². The molecule has 104 valence electrons. The van der Waals surface area contributed by atoms with E-state index < -0.39 is 0 Å². The Bertz CT molecular complexity index is 453. The van der Waals surface area contributed by atoms with E-state index in [1.54, 1.807) is 18.2 Å². The van der Waals surface area contributed by atoms with Gasteiger partial charge in [-0.05, 0) is 42.9 Å². The maximum absolute atomic E-state index is 12.0. The second-order valence-corrected chi connectivity index (χ2v) is 5.98. The van der Waals surface area contributed by atoms with Crippen LogP contribution in [0.1, 0.15) is 43.0 Å². The van der Waals surface area contributed by atoms with Gasteiger partial charge in [-0.15, -0.1) is 0 Å². The third-order valence-electron chi connectivity index (χ3n) is 3.94. The normalized spacial score (nSPS) is 23.1. The molecule has 4 heteroatoms. The quantitative estimate of drug-likeness (QED) is 0.833. The molecule has 0 atom stereocenters. The number of halogens is 1. The summed E-state index contributed by atoms with van der Waals surface area (Å²) in [7, 11) is 0. The number of carbonyl (C=O) groups is 1. The van der Waals surface area contributed by atoms with Crippen LogP contribution < -0.4 is 11.1 Å². The van der Waals surface area contributed by atoms with E-state index in [4.69, 9.17) is 17.3 Å². The number of carbonyl (C=O) groups excluding carboxylic acids is 1. The van der Waals surface area contributed by atoms with Gasteiger partial charge < -0.3 is 11.1 Å². The van der Waals surface area contributed by atoms with Crippen molar-refractivity contribution < 1.29 is 4.79 Å². The predicted molar refractivity (Wildman–Crippen MR) is 79.3 cm³/mol. The van der Waals surface area contributed by atoms with Crippen molar-refractivity contribution >= 4 is 23.2 Å². The standard InChI is InChI=1S/C15H21ClN2O/c1-10-2-4-11(5-3-10)9-18-15(19)12-6-7-13(16)14(17)8-12/h6-8,10-11H,2-5,9,17H2,1H3,(H,18,19). The molecule has 2 rings (SSSR count). The van der Waals surface area contributed by atoms with Crippen LogP contribution in [0.2, 0.25) is 5.02 Å². The van der Waals surface area contributed by atoms with E-state index >= 15 is 0 Å². The molecule has 1 fully saturated rings. The van der Waals surface area contributed by atoms with Crippen molar-refractivity contribution in [2.75, 3.05) is 12.3 Å². The minimum absolute atomic E-state index is 0.0676. The first-order chi connectivity index (χ1) is 9.06. The summed E-state index contributed by atoms with van der Waals surface area (Å²) >= 11 is 5.84. The smallest absolute Gasteiger partial charge is 0.251 e. The van der Waals surface area contributed by atoms with Crippen molar-refractivity contribution in [1.82, 2.24) is 5.32 Å². The lowest BCUT2D eigenvalue weighted by Gasteiger charge is -2.26. The van der Waals surface area contributed by atoms with Gasteiger partial charge in [-0.3, -0.25) is 4.79 Å². The summed E-state index contributed by atoms with van der Waals surface area (Å²) < 4.78 is 0. The Kier molecular flexibility index (Phi) is 4.70. The molecule has 3 N–H and O–H groups in total. The van der Waals surface area contributed by atoms with Crippen molar-refractivity contribution in [3.63, 3.8) is 0 Å². The fourth-order valence-corrected chi connectivity index (χ4v) is 2.67. The lowest BCUT2D eigenvalue weighted by atomic mass is 9.83. The lowest BCUT2D eigenvalue weighted by Crippen LogP contribution is -2.31. The Morgan fingerprint density at radius 3 is 2.68 bits per heavy atom. The summed E-state index contributed by atoms with van der Waals surface area (Å²) in [5, 5.41) is 3.48. The van der Waals surface area contributed by atoms with Crippen LogP contribution in [0.3, 0.4) is 0 Å². The maximum Gasteiger partial charge on any atom is 0.251 e. The second-order valence-electron chi connectivity index (χ2n) is 5.57. The van der Waals surface area contributed by atoms with Crippen molar-refractivity contribution in [3.8, 4) is 0 Å². The molecular formula is C15H21ClN2O. The van der Waals surface area contributed by atoms with Gasteiger partial charge in [-0.1, -0.05) is 31.4 Å². The molecule has 0 radical (unpaired) electrons. The summed E-state index contributed by atoms with van der Waals surface area (Å²) in [6.45, 7) is 3.05. The molecule has 0 spiro atoms. The molecule has 19 heavy (non-hydrogen) atoms. The number of nitrogen functional groups attached to an aromatic ring is 1. The highest BCUT2D eigenvalue weighted by Crippen LogP contribution is 2.27. The Morgan fingerprint density at radius 2 is 2.05 bits per heavy atom. The second kappa shape index (κ2) is 6.29. The molecular weight excluding hydrogens is 260 g/mol. The van der Waals surface area contributed by atoms with Crippen LogP contribution in [0, 0.1) is 11.8 Å². The molecule has 0 aliphatic heterocycles. The zero-order valence-electron chi connectivity index (χ0n) is 11.3. The summed E-state index contributed by atoms with van der Waals surface area (Å²) in [5.41, 5.74) is 6.72. The molecule has 1 aliphatic carbocycles. The van der Waals surface area contributed by atoms with E-state index in [-0.39, 0.29) is 5.91 Å². The minimum Gasteiger partial charge on any atom is -0.398 e. The average molecular weight is 281 g/mol. The van der Waals surface area contributed by atoms with E-state index in [9.17, 15) is 4.79 Å². The monoisotopic (exact) mass is 280 g/mol. The Morgan fingerprint density at radius 1 is 1.37 bits per heavy atom. The van der Waals surface area contributed by atoms with Gasteiger partial charge in [-0.25, -0.2) is 0 Å². The van der Waals surface area contributed by atoms with E-state index in [1.807, 2.05) is 0 Å². The number of nitrogens with two attached hydrogens (primary N) is 1. The number of rotatable bonds is 3. The summed E-state index contributed by atoms with van der Waals surface area (Å²) in [4.78, 5) is 12.0. The first kappa shape index (κ1) is 14.2. The molecule has 1 saturated carbocycles. The summed E-state index contributed by atoms with van der Waals surface area (Å²) in [6.07, 6.45) is 4.97. The van der Waals surface area contributed by atoms with Crippen LogP contribution in [0.15, 0.2) is 18.2 Å². The molecule has 0 aromatic heterocycles. The molecule has 0 unspecified atom stereocenters. The number of benzene rings is 1. The van der Waals surface area contributed by atoms with E-state index in [0.717, 1.165) is 12.5 Å². The fourth-order valence-electron chi connectivity index (χ4n) is 2.56. The number of nitrogens with one attached hydrogen (secondary N) is 1. The number of amides is 1. The van der Waals surface area contributed by atoms with Gasteiger partial charge in [0, 0.05) is 12.1 Å². The van der Waals surface area contributed by atoms with Gasteiger partial charge in [0.15, 0.2) is 0 Å². The highest BCUT2D eigenvalue weighted by atomic mass is 35.5. The number of hydrogen-bond donors (Lipinski definition) is 2. The number of hydrogen-bond acceptors (Lipinski definition) is 2. The van der Waals surface area contributed by atoms with Crippen molar-refractivity contribution in [2.45, 2.75) is 32.6 Å². The van der Waals surface area contributed by atoms with Crippen molar-refractivity contribution in [3.05, 3.63) is 28.8 Å². The minimum atomic E-state index is -0.0676. The third kappa shape index (κ3) is 3.87. The number of anilines is 1. The van der Waals surface area contributed by atoms with Gasteiger partial charge in [0.2, 0.25) is 0 Å². The van der Waals surface area contributed by atoms with Gasteiger partial charge in [0.05, 0.1) is 10.7 Å². The lowest BCUT2D eigenvalue weighted by molar-refractivity contribution is 0.0942. The van der Waals surface area contributed by atoms with Crippen molar-refractivity contribution in [1.29, 1.82) is 0 Å². The van der Waals surface area contributed by atoms with Crippen LogP contribution in [0.5, 0.6) is 0 Å². The van der Waals surface area contributed by atoms with Crippen LogP contribution in [0.4, 0.5) is 5.69 Å². The van der Waals surface area contributed by atoms with E-state index in [1.165, 1.54) is 25.7 Å². The SMILES string of the molecule is CC1CCC(CNC(=O)c2ccc(Cl)c(N)c2)CC1. The predicted octanol–water partition coefficient (Wildman–Crippen LogP) is 3.48. The Labute approximate surface area is 119 Å². The fraction of sp³-hybridized carbons (Fsp3) is 0.533. The highest BCUT2D eigenvalue weighted by Gasteiger charge is 2.19. The molecule has 1 aromatic carbocycles. The van der Waals surface area contributed by atoms with Gasteiger partial charge in [0.25, 0.3) is 5.91 Å². The van der Waals surface area contributed by atoms with E-state index in [2.05, 4.69) is 12.2 Å². The van der Waals surface area contributed by atoms with Crippen LogP contribution in [0.25, 0.3) is 0 Å². The molecule has 0 saturated heterocycles. The van der Waals surface area contributed by atoms with Crippen LogP contribution in [-0.4, -0.2) is 12.5 Å². The van der Waals surface area contributed by atoms with E-state index in [0.29, 0.717) is 22.2 Å². The zero-order valence-corrected chi connectivity index (χ0v) is 12.0. The third-order valence-corrected chi connectivity index (χ3v) is 4.29. The summed E-state index contributed by atoms with van der Waals surface area (Å²) in [5.74, 6) is 1.38. The topological polar surface area (TPSA) is 55.1 Å². The Balaban J connectivity index is 1.85. The molecule has 0 heterocycles. The van der Waals surface area contributed by atoms with Crippen molar-refractivity contribution in [2.24, 2.45) is 11.8 Å². The highest BCUT2D eigenvalue weighted by molar-refractivity contribution is 6.33. The zero-order chi connectivity index (χ0) is 13.8. The molecule has 3 nitrogen and oxygen atoms in total. The first-order valence-electron chi connectivity index (χ1n) is 6.89. The van der Waals surface area contributed by atoms with Gasteiger partial charge in [0.1, 0.15) is 0 Å². The molecule has 1 aromatic rings. The first-order valence-corrected chi connectivity index (χ1v) is 7.27. The maximum atomic E-state index is 12.0. The average Bonchev–Trinajstić information content (AvgIpc) is 2.41. The Hall–Kier alpha value is -1.22. The largest absolute Gasteiger partial charge is 0.398 e. The van der Waals surface area contributed by atoms with Crippen LogP contribution in [-0.2, 0) is 0 Å². The molecule has 0 bridgehead atoms. The molecule has 1 amide bonds. The van der Waals surface area contributed by atoms with Crippen LogP contribution >= 0.6 is 11.6 Å². The molecule has 1 aliphatic rings. The summed E-state index contributed by atoms with van der Waals surface area (Å²) in [6, 6.07) is 4.99. The van der Waals surface area contributed by atoms with Gasteiger partial charge >= 0.3 is 0 Å².